The fraction of sp³-hybridized carbons (Fsp3) is 0.357. The minimum Gasteiger partial charge on any atom is -0.315 e. The quantitative estimate of drug-likeness (QED) is 0.780. The van der Waals surface area contributed by atoms with E-state index in [0.717, 1.165) is 11.0 Å². The van der Waals surface area contributed by atoms with Gasteiger partial charge in [-0.2, -0.15) is 0 Å². The molecule has 0 spiro atoms. The summed E-state index contributed by atoms with van der Waals surface area (Å²) in [5.74, 6) is -2.16. The molecule has 3 amide bonds. The second-order valence-corrected chi connectivity index (χ2v) is 5.34. The Hall–Kier alpha value is -2.24. The van der Waals surface area contributed by atoms with Crippen LogP contribution in [0.1, 0.15) is 29.8 Å². The smallest absolute Gasteiger partial charge is 0.255 e. The maximum absolute atomic E-state index is 13.4. The normalized spacial score (nSPS) is 17.9. The van der Waals surface area contributed by atoms with Crippen LogP contribution in [0.2, 0.25) is 0 Å². The van der Waals surface area contributed by atoms with Crippen molar-refractivity contribution in [1.82, 2.24) is 10.2 Å². The summed E-state index contributed by atoms with van der Waals surface area (Å²) in [4.78, 5) is 36.8. The molecular formula is C14H15FN2O3. The van der Waals surface area contributed by atoms with Crippen molar-refractivity contribution in [3.8, 4) is 0 Å². The summed E-state index contributed by atoms with van der Waals surface area (Å²) < 4.78 is 13.4. The van der Waals surface area contributed by atoms with Gasteiger partial charge in [-0.3, -0.25) is 19.7 Å². The van der Waals surface area contributed by atoms with Crippen molar-refractivity contribution in [2.75, 3.05) is 6.54 Å². The Morgan fingerprint density at radius 1 is 1.30 bits per heavy atom. The summed E-state index contributed by atoms with van der Waals surface area (Å²) in [6.45, 7) is 4.52. The lowest BCUT2D eigenvalue weighted by Gasteiger charge is -2.40. The molecule has 1 aromatic carbocycles. The second kappa shape index (κ2) is 4.70. The molecule has 0 aliphatic carbocycles. The van der Waals surface area contributed by atoms with Crippen LogP contribution in [-0.2, 0) is 9.59 Å². The Balaban J connectivity index is 2.40. The van der Waals surface area contributed by atoms with Crippen LogP contribution < -0.4 is 5.32 Å². The number of amides is 3. The van der Waals surface area contributed by atoms with Crippen LogP contribution >= 0.6 is 0 Å². The van der Waals surface area contributed by atoms with Crippen molar-refractivity contribution in [2.45, 2.75) is 26.3 Å². The van der Waals surface area contributed by atoms with Gasteiger partial charge in [-0.05, 0) is 44.5 Å². The van der Waals surface area contributed by atoms with Crippen LogP contribution in [0.4, 0.5) is 4.39 Å². The summed E-state index contributed by atoms with van der Waals surface area (Å²) in [7, 11) is 0. The van der Waals surface area contributed by atoms with Crippen LogP contribution in [0.15, 0.2) is 18.2 Å². The van der Waals surface area contributed by atoms with Crippen molar-refractivity contribution in [2.24, 2.45) is 0 Å². The van der Waals surface area contributed by atoms with Gasteiger partial charge in [0.15, 0.2) is 0 Å². The lowest BCUT2D eigenvalue weighted by molar-refractivity contribution is -0.143. The summed E-state index contributed by atoms with van der Waals surface area (Å²) in [5.41, 5.74) is -0.442. The molecule has 5 nitrogen and oxygen atoms in total. The zero-order valence-corrected chi connectivity index (χ0v) is 11.5. The summed E-state index contributed by atoms with van der Waals surface area (Å²) in [6.07, 6.45) is 0. The third-order valence-electron chi connectivity index (χ3n) is 3.32. The third-order valence-corrected chi connectivity index (χ3v) is 3.32. The maximum Gasteiger partial charge on any atom is 0.255 e. The van der Waals surface area contributed by atoms with Crippen molar-refractivity contribution in [3.63, 3.8) is 0 Å². The molecule has 1 fully saturated rings. The monoisotopic (exact) mass is 278 g/mol. The van der Waals surface area contributed by atoms with Gasteiger partial charge in [0.1, 0.15) is 17.9 Å². The lowest BCUT2D eigenvalue weighted by atomic mass is 9.97. The molecule has 0 saturated carbocycles. The number of hydrogen-bond acceptors (Lipinski definition) is 3. The summed E-state index contributed by atoms with van der Waals surface area (Å²) in [6, 6.07) is 3.93. The third kappa shape index (κ3) is 2.41. The molecule has 20 heavy (non-hydrogen) atoms. The number of piperazine rings is 1. The van der Waals surface area contributed by atoms with E-state index in [9.17, 15) is 18.8 Å². The van der Waals surface area contributed by atoms with Gasteiger partial charge < -0.3 is 4.90 Å². The van der Waals surface area contributed by atoms with E-state index in [1.807, 2.05) is 0 Å². The SMILES string of the molecule is Cc1cc(F)cc(C(=O)N2CC(=O)NC(=O)C2(C)C)c1. The molecule has 1 saturated heterocycles. The van der Waals surface area contributed by atoms with Gasteiger partial charge in [0.2, 0.25) is 5.91 Å². The predicted molar refractivity (Wildman–Crippen MR) is 69.4 cm³/mol. The number of carbonyl (C=O) groups excluding carboxylic acids is 3. The molecule has 1 N–H and O–H groups in total. The van der Waals surface area contributed by atoms with Crippen molar-refractivity contribution >= 4 is 17.7 Å². The highest BCUT2D eigenvalue weighted by Gasteiger charge is 2.43. The molecule has 1 aliphatic rings. The number of rotatable bonds is 1. The summed E-state index contributed by atoms with van der Waals surface area (Å²) in [5, 5.41) is 2.18. The molecule has 1 aromatic rings. The standard InChI is InChI=1S/C14H15FN2O3/c1-8-4-9(6-10(15)5-8)12(19)17-7-11(18)16-13(20)14(17,2)3/h4-6H,7H2,1-3H3,(H,16,18,20). The zero-order valence-electron chi connectivity index (χ0n) is 11.5. The predicted octanol–water partition coefficient (Wildman–Crippen LogP) is 1.01. The van der Waals surface area contributed by atoms with E-state index in [-0.39, 0.29) is 12.1 Å². The first-order chi connectivity index (χ1) is 9.21. The van der Waals surface area contributed by atoms with E-state index in [1.165, 1.54) is 12.1 Å². The van der Waals surface area contributed by atoms with Crippen molar-refractivity contribution in [3.05, 3.63) is 35.1 Å². The van der Waals surface area contributed by atoms with Gasteiger partial charge in [-0.15, -0.1) is 0 Å². The molecule has 0 aromatic heterocycles. The lowest BCUT2D eigenvalue weighted by Crippen LogP contribution is -2.65. The van der Waals surface area contributed by atoms with Crippen LogP contribution in [0.25, 0.3) is 0 Å². The van der Waals surface area contributed by atoms with Crippen molar-refractivity contribution < 1.29 is 18.8 Å². The fourth-order valence-corrected chi connectivity index (χ4v) is 2.12. The number of carbonyl (C=O) groups is 3. The molecule has 0 radical (unpaired) electrons. The first-order valence-electron chi connectivity index (χ1n) is 6.15. The second-order valence-electron chi connectivity index (χ2n) is 5.34. The van der Waals surface area contributed by atoms with Crippen LogP contribution in [0.5, 0.6) is 0 Å². The molecule has 2 rings (SSSR count). The molecular weight excluding hydrogens is 263 g/mol. The van der Waals surface area contributed by atoms with E-state index >= 15 is 0 Å². The average molecular weight is 278 g/mol. The Morgan fingerprint density at radius 2 is 1.95 bits per heavy atom. The Bertz CT molecular complexity index is 590. The number of benzene rings is 1. The number of aryl methyl sites for hydroxylation is 1. The Kier molecular flexibility index (Phi) is 3.33. The zero-order chi connectivity index (χ0) is 15.1. The summed E-state index contributed by atoms with van der Waals surface area (Å²) >= 11 is 0. The largest absolute Gasteiger partial charge is 0.315 e. The number of hydrogen-bond donors (Lipinski definition) is 1. The molecule has 1 heterocycles. The highest BCUT2D eigenvalue weighted by molar-refractivity contribution is 6.08. The number of nitrogens with zero attached hydrogens (tertiary/aromatic N) is 1. The average Bonchev–Trinajstić information content (AvgIpc) is 2.32. The highest BCUT2D eigenvalue weighted by Crippen LogP contribution is 2.22. The molecule has 0 bridgehead atoms. The van der Waals surface area contributed by atoms with Crippen LogP contribution in [-0.4, -0.2) is 34.7 Å². The van der Waals surface area contributed by atoms with E-state index in [4.69, 9.17) is 0 Å². The van der Waals surface area contributed by atoms with Gasteiger partial charge in [0, 0.05) is 5.56 Å². The van der Waals surface area contributed by atoms with E-state index in [0.29, 0.717) is 5.56 Å². The van der Waals surface area contributed by atoms with Gasteiger partial charge in [0.25, 0.3) is 11.8 Å². The Labute approximate surface area is 115 Å². The van der Waals surface area contributed by atoms with Crippen LogP contribution in [0.3, 0.4) is 0 Å². The Morgan fingerprint density at radius 3 is 2.55 bits per heavy atom. The number of halogens is 1. The van der Waals surface area contributed by atoms with Crippen LogP contribution in [0, 0.1) is 12.7 Å². The number of nitrogens with one attached hydrogen (secondary N) is 1. The van der Waals surface area contributed by atoms with E-state index in [1.54, 1.807) is 20.8 Å². The molecule has 1 aliphatic heterocycles. The first kappa shape index (κ1) is 14.2. The van der Waals surface area contributed by atoms with E-state index in [2.05, 4.69) is 5.32 Å². The molecule has 106 valence electrons. The fourth-order valence-electron chi connectivity index (χ4n) is 2.12. The van der Waals surface area contributed by atoms with Crippen molar-refractivity contribution in [1.29, 1.82) is 0 Å². The van der Waals surface area contributed by atoms with Gasteiger partial charge in [-0.1, -0.05) is 0 Å². The minimum absolute atomic E-state index is 0.123. The highest BCUT2D eigenvalue weighted by atomic mass is 19.1. The molecule has 0 atom stereocenters. The molecule has 0 unspecified atom stereocenters. The van der Waals surface area contributed by atoms with Gasteiger partial charge >= 0.3 is 0 Å². The van der Waals surface area contributed by atoms with Gasteiger partial charge in [0.05, 0.1) is 0 Å². The first-order valence-corrected chi connectivity index (χ1v) is 6.15. The van der Waals surface area contributed by atoms with Gasteiger partial charge in [-0.25, -0.2) is 4.39 Å². The minimum atomic E-state index is -1.16. The molecule has 6 heteroatoms. The van der Waals surface area contributed by atoms with E-state index < -0.39 is 29.1 Å². The number of imide groups is 1. The topological polar surface area (TPSA) is 66.5 Å². The maximum atomic E-state index is 13.4.